The van der Waals surface area contributed by atoms with Gasteiger partial charge >= 0.3 is 0 Å². The van der Waals surface area contributed by atoms with Crippen molar-refractivity contribution in [3.8, 4) is 0 Å². The Morgan fingerprint density at radius 2 is 2.15 bits per heavy atom. The van der Waals surface area contributed by atoms with Crippen molar-refractivity contribution in [3.63, 3.8) is 0 Å². The number of hydrogen-bond acceptors (Lipinski definition) is 3. The number of nitrogens with one attached hydrogen (secondary N) is 1. The molecule has 1 aromatic heterocycles. The van der Waals surface area contributed by atoms with Crippen LogP contribution in [0, 0.1) is 0 Å². The summed E-state index contributed by atoms with van der Waals surface area (Å²) in [5, 5.41) is 3.11. The summed E-state index contributed by atoms with van der Waals surface area (Å²) >= 11 is 5.08. The largest absolute Gasteiger partial charge is 0.380 e. The molecule has 2 aromatic rings. The van der Waals surface area contributed by atoms with Gasteiger partial charge in [-0.3, -0.25) is 0 Å². The van der Waals surface area contributed by atoms with Gasteiger partial charge in [0.15, 0.2) is 5.96 Å². The predicted octanol–water partition coefficient (Wildman–Crippen LogP) is 3.58. The first-order valence-electron chi connectivity index (χ1n) is 6.07. The van der Waals surface area contributed by atoms with E-state index in [2.05, 4.69) is 26.2 Å². The molecule has 4 nitrogen and oxygen atoms in total. The number of anilines is 1. The Morgan fingerprint density at radius 1 is 1.35 bits per heavy atom. The number of thiophene rings is 1. The summed E-state index contributed by atoms with van der Waals surface area (Å²) in [6, 6.07) is 11.9. The summed E-state index contributed by atoms with van der Waals surface area (Å²) in [6.07, 6.45) is 0. The number of aliphatic imine (C=N–C) groups is 1. The lowest BCUT2D eigenvalue weighted by Crippen LogP contribution is -2.23. The van der Waals surface area contributed by atoms with E-state index in [0.29, 0.717) is 19.1 Å². The van der Waals surface area contributed by atoms with Gasteiger partial charge in [0.2, 0.25) is 0 Å². The van der Waals surface area contributed by atoms with E-state index in [1.54, 1.807) is 18.4 Å². The molecule has 0 spiro atoms. The maximum atomic E-state index is 5.92. The van der Waals surface area contributed by atoms with Crippen molar-refractivity contribution >= 4 is 38.9 Å². The fourth-order valence-corrected chi connectivity index (χ4v) is 3.11. The number of hydrogen-bond donors (Lipinski definition) is 2. The van der Waals surface area contributed by atoms with Crippen LogP contribution in [0.25, 0.3) is 0 Å². The second-order valence-corrected chi connectivity index (χ2v) is 6.67. The van der Waals surface area contributed by atoms with Gasteiger partial charge < -0.3 is 15.8 Å². The van der Waals surface area contributed by atoms with Gasteiger partial charge in [0.05, 0.1) is 16.9 Å². The molecule has 0 atom stereocenters. The molecule has 20 heavy (non-hydrogen) atoms. The molecule has 0 aliphatic rings. The molecule has 0 saturated heterocycles. The van der Waals surface area contributed by atoms with Crippen LogP contribution in [0.1, 0.15) is 10.4 Å². The van der Waals surface area contributed by atoms with Crippen LogP contribution in [-0.4, -0.2) is 13.1 Å². The summed E-state index contributed by atoms with van der Waals surface area (Å²) in [4.78, 5) is 5.50. The number of para-hydroxylation sites is 1. The van der Waals surface area contributed by atoms with Crippen molar-refractivity contribution in [1.82, 2.24) is 0 Å². The summed E-state index contributed by atoms with van der Waals surface area (Å²) in [6.45, 7) is 1.11. The summed E-state index contributed by atoms with van der Waals surface area (Å²) in [7, 11) is 1.67. The molecule has 0 unspecified atom stereocenters. The van der Waals surface area contributed by atoms with Gasteiger partial charge in [-0.05, 0) is 34.1 Å². The molecule has 0 aliphatic heterocycles. The number of rotatable bonds is 5. The van der Waals surface area contributed by atoms with E-state index in [1.165, 1.54) is 0 Å². The molecule has 1 heterocycles. The van der Waals surface area contributed by atoms with Crippen LogP contribution in [0.4, 0.5) is 5.69 Å². The number of nitrogens with zero attached hydrogens (tertiary/aromatic N) is 1. The topological polar surface area (TPSA) is 59.6 Å². The average Bonchev–Trinajstić information content (AvgIpc) is 2.85. The highest BCUT2D eigenvalue weighted by Gasteiger charge is 2.03. The minimum absolute atomic E-state index is 0.401. The lowest BCUT2D eigenvalue weighted by atomic mass is 10.2. The number of guanidine groups is 1. The minimum atomic E-state index is 0.401. The van der Waals surface area contributed by atoms with E-state index in [9.17, 15) is 0 Å². The van der Waals surface area contributed by atoms with Gasteiger partial charge in [-0.1, -0.05) is 18.2 Å². The third kappa shape index (κ3) is 4.33. The number of methoxy groups -OCH3 is 1. The van der Waals surface area contributed by atoms with Crippen LogP contribution in [-0.2, 0) is 17.9 Å². The Labute approximate surface area is 130 Å². The van der Waals surface area contributed by atoms with Crippen LogP contribution in [0.15, 0.2) is 45.2 Å². The zero-order valence-electron chi connectivity index (χ0n) is 11.1. The Balaban J connectivity index is 2.01. The molecule has 1 aromatic carbocycles. The van der Waals surface area contributed by atoms with Crippen molar-refractivity contribution in [2.45, 2.75) is 13.2 Å². The smallest absolute Gasteiger partial charge is 0.193 e. The highest BCUT2D eigenvalue weighted by Crippen LogP contribution is 2.22. The summed E-state index contributed by atoms with van der Waals surface area (Å²) in [5.41, 5.74) is 7.88. The first-order valence-corrected chi connectivity index (χ1v) is 7.68. The van der Waals surface area contributed by atoms with Gasteiger partial charge in [-0.25, -0.2) is 4.99 Å². The van der Waals surface area contributed by atoms with E-state index in [0.717, 1.165) is 19.9 Å². The first kappa shape index (κ1) is 15.0. The van der Waals surface area contributed by atoms with E-state index in [-0.39, 0.29) is 0 Å². The molecular weight excluding hydrogens is 338 g/mol. The first-order chi connectivity index (χ1) is 9.69. The Kier molecular flexibility index (Phi) is 5.58. The van der Waals surface area contributed by atoms with E-state index < -0.39 is 0 Å². The zero-order valence-corrected chi connectivity index (χ0v) is 13.5. The number of halogens is 1. The Hall–Kier alpha value is -1.37. The minimum Gasteiger partial charge on any atom is -0.380 e. The number of ether oxygens (including phenoxy) is 1. The third-order valence-corrected chi connectivity index (χ3v) is 4.22. The standard InChI is InChI=1S/C14H16BrN3OS/c1-19-9-10-4-2-3-5-12(10)18-14(16)17-8-11-6-7-13(15)20-11/h2-7H,8-9H2,1H3,(H3,16,17,18). The lowest BCUT2D eigenvalue weighted by molar-refractivity contribution is 0.185. The van der Waals surface area contributed by atoms with Crippen LogP contribution in [0.5, 0.6) is 0 Å². The van der Waals surface area contributed by atoms with Gasteiger partial charge in [-0.2, -0.15) is 0 Å². The van der Waals surface area contributed by atoms with Crippen molar-refractivity contribution in [2.75, 3.05) is 12.4 Å². The van der Waals surface area contributed by atoms with Gasteiger partial charge in [0.1, 0.15) is 0 Å². The maximum Gasteiger partial charge on any atom is 0.193 e. The van der Waals surface area contributed by atoms with Crippen molar-refractivity contribution in [2.24, 2.45) is 10.7 Å². The van der Waals surface area contributed by atoms with Gasteiger partial charge in [0.25, 0.3) is 0 Å². The molecular formula is C14H16BrN3OS. The normalized spacial score (nSPS) is 11.6. The molecule has 0 radical (unpaired) electrons. The monoisotopic (exact) mass is 353 g/mol. The number of nitrogens with two attached hydrogens (primary N) is 1. The second-order valence-electron chi connectivity index (χ2n) is 4.12. The highest BCUT2D eigenvalue weighted by molar-refractivity contribution is 9.11. The van der Waals surface area contributed by atoms with Crippen LogP contribution < -0.4 is 11.1 Å². The fourth-order valence-electron chi connectivity index (χ4n) is 1.70. The molecule has 3 N–H and O–H groups in total. The molecule has 0 aliphatic carbocycles. The van der Waals surface area contributed by atoms with Crippen LogP contribution in [0.2, 0.25) is 0 Å². The van der Waals surface area contributed by atoms with E-state index in [4.69, 9.17) is 10.5 Å². The molecule has 2 rings (SSSR count). The van der Waals surface area contributed by atoms with Gasteiger partial charge in [-0.15, -0.1) is 11.3 Å². The molecule has 0 fully saturated rings. The molecule has 6 heteroatoms. The van der Waals surface area contributed by atoms with Crippen molar-refractivity contribution in [3.05, 3.63) is 50.6 Å². The maximum absolute atomic E-state index is 5.92. The van der Waals surface area contributed by atoms with Crippen molar-refractivity contribution < 1.29 is 4.74 Å². The highest BCUT2D eigenvalue weighted by atomic mass is 79.9. The molecule has 0 saturated carbocycles. The predicted molar refractivity (Wildman–Crippen MR) is 88.1 cm³/mol. The van der Waals surface area contributed by atoms with Crippen molar-refractivity contribution in [1.29, 1.82) is 0 Å². The average molecular weight is 354 g/mol. The molecule has 106 valence electrons. The Morgan fingerprint density at radius 3 is 2.85 bits per heavy atom. The lowest BCUT2D eigenvalue weighted by Gasteiger charge is -2.10. The SMILES string of the molecule is COCc1ccccc1NC(N)=NCc1ccc(Br)s1. The second kappa shape index (κ2) is 7.42. The molecule has 0 amide bonds. The zero-order chi connectivity index (χ0) is 14.4. The van der Waals surface area contributed by atoms with E-state index in [1.807, 2.05) is 36.4 Å². The van der Waals surface area contributed by atoms with Gasteiger partial charge in [0, 0.05) is 23.2 Å². The number of benzene rings is 1. The quantitative estimate of drug-likeness (QED) is 0.637. The summed E-state index contributed by atoms with van der Waals surface area (Å²) < 4.78 is 6.25. The van der Waals surface area contributed by atoms with Crippen LogP contribution in [0.3, 0.4) is 0 Å². The Bertz CT molecular complexity index is 598. The third-order valence-electron chi connectivity index (χ3n) is 2.61. The fraction of sp³-hybridized carbons (Fsp3) is 0.214. The van der Waals surface area contributed by atoms with Crippen LogP contribution >= 0.6 is 27.3 Å². The molecule has 0 bridgehead atoms. The van der Waals surface area contributed by atoms with E-state index >= 15 is 0 Å². The summed E-state index contributed by atoms with van der Waals surface area (Å²) in [5.74, 6) is 0.401.